The zero-order valence-corrected chi connectivity index (χ0v) is 21.3. The van der Waals surface area contributed by atoms with Gasteiger partial charge in [-0.15, -0.1) is 5.10 Å². The lowest BCUT2D eigenvalue weighted by Gasteiger charge is -2.08. The van der Waals surface area contributed by atoms with E-state index in [1.165, 1.54) is 35.0 Å². The summed E-state index contributed by atoms with van der Waals surface area (Å²) in [5, 5.41) is 13.4. The third kappa shape index (κ3) is 5.39. The van der Waals surface area contributed by atoms with Gasteiger partial charge >= 0.3 is 0 Å². The molecule has 0 aliphatic carbocycles. The summed E-state index contributed by atoms with van der Waals surface area (Å²) in [5.74, 6) is -3.75. The lowest BCUT2D eigenvalue weighted by molar-refractivity contribution is 0.0950. The summed E-state index contributed by atoms with van der Waals surface area (Å²) in [5.41, 5.74) is 1.43. The molecular formula is C26H21F3N6O3S. The molecule has 0 unspecified atom stereocenters. The molecule has 0 saturated heterocycles. The zero-order valence-electron chi connectivity index (χ0n) is 20.5. The van der Waals surface area contributed by atoms with Gasteiger partial charge in [-0.2, -0.15) is 10.2 Å². The minimum atomic E-state index is -4.16. The van der Waals surface area contributed by atoms with Gasteiger partial charge in [0.25, 0.3) is 5.91 Å². The Hall–Kier alpha value is -4.52. The van der Waals surface area contributed by atoms with E-state index in [-0.39, 0.29) is 35.2 Å². The first-order valence-corrected chi connectivity index (χ1v) is 13.3. The van der Waals surface area contributed by atoms with E-state index in [9.17, 15) is 22.0 Å². The molecule has 5 rings (SSSR count). The lowest BCUT2D eigenvalue weighted by Crippen LogP contribution is -2.29. The van der Waals surface area contributed by atoms with E-state index in [0.29, 0.717) is 17.2 Å². The van der Waals surface area contributed by atoms with Crippen LogP contribution in [0, 0.1) is 17.5 Å². The standard InChI is InChI=1S/C26H21F3N6O3S/c1-34-13-18(12-32-34)16-4-5-17(20(28)9-16)14-35-15-24(25-21(29)10-19(27)11-23(25)35)39(37,38)8-7-30-26(36)22-3-2-6-31-33-22/h2-6,9-13,15H,7-8,14H2,1H3,(H,30,36). The van der Waals surface area contributed by atoms with Gasteiger partial charge in [0.15, 0.2) is 15.5 Å². The Labute approximate surface area is 220 Å². The number of carbonyl (C=O) groups is 1. The monoisotopic (exact) mass is 554 g/mol. The second-order valence-corrected chi connectivity index (χ2v) is 10.9. The number of nitrogens with one attached hydrogen (secondary N) is 1. The number of fused-ring (bicyclic) bond motifs is 1. The van der Waals surface area contributed by atoms with Crippen molar-refractivity contribution in [3.8, 4) is 11.1 Å². The van der Waals surface area contributed by atoms with Crippen molar-refractivity contribution in [2.45, 2.75) is 11.4 Å². The van der Waals surface area contributed by atoms with Crippen molar-refractivity contribution >= 4 is 26.6 Å². The molecule has 0 fully saturated rings. The molecule has 13 heteroatoms. The van der Waals surface area contributed by atoms with E-state index in [2.05, 4.69) is 20.6 Å². The van der Waals surface area contributed by atoms with Crippen molar-refractivity contribution in [1.82, 2.24) is 29.9 Å². The summed E-state index contributed by atoms with van der Waals surface area (Å²) in [6.07, 6.45) is 5.86. The van der Waals surface area contributed by atoms with Crippen LogP contribution in [0.2, 0.25) is 0 Å². The molecule has 1 amide bonds. The first-order valence-electron chi connectivity index (χ1n) is 11.7. The van der Waals surface area contributed by atoms with Crippen molar-refractivity contribution in [3.63, 3.8) is 0 Å². The molecule has 0 spiro atoms. The van der Waals surface area contributed by atoms with Crippen LogP contribution < -0.4 is 5.32 Å². The second-order valence-electron chi connectivity index (χ2n) is 8.80. The summed E-state index contributed by atoms with van der Waals surface area (Å²) in [6, 6.07) is 9.02. The molecule has 1 N–H and O–H groups in total. The number of aryl methyl sites for hydroxylation is 1. The number of amides is 1. The van der Waals surface area contributed by atoms with E-state index >= 15 is 4.39 Å². The van der Waals surface area contributed by atoms with Gasteiger partial charge in [0.2, 0.25) is 0 Å². The van der Waals surface area contributed by atoms with E-state index in [1.807, 2.05) is 0 Å². The highest BCUT2D eigenvalue weighted by Gasteiger charge is 2.25. The third-order valence-electron chi connectivity index (χ3n) is 6.09. The predicted molar refractivity (Wildman–Crippen MR) is 136 cm³/mol. The van der Waals surface area contributed by atoms with Gasteiger partial charge in [-0.3, -0.25) is 9.48 Å². The second kappa shape index (κ2) is 10.3. The smallest absolute Gasteiger partial charge is 0.271 e. The largest absolute Gasteiger partial charge is 0.350 e. The van der Waals surface area contributed by atoms with E-state index in [0.717, 1.165) is 12.3 Å². The minimum Gasteiger partial charge on any atom is -0.350 e. The van der Waals surface area contributed by atoms with Crippen LogP contribution in [-0.4, -0.2) is 51.2 Å². The lowest BCUT2D eigenvalue weighted by atomic mass is 10.1. The summed E-state index contributed by atoms with van der Waals surface area (Å²) in [6.45, 7) is -0.477. The van der Waals surface area contributed by atoms with Gasteiger partial charge in [0, 0.05) is 49.4 Å². The van der Waals surface area contributed by atoms with Crippen molar-refractivity contribution in [1.29, 1.82) is 0 Å². The molecule has 0 aliphatic rings. The van der Waals surface area contributed by atoms with Crippen LogP contribution in [0.1, 0.15) is 16.1 Å². The molecule has 2 aromatic carbocycles. The molecule has 3 aromatic heterocycles. The summed E-state index contributed by atoms with van der Waals surface area (Å²) in [7, 11) is -2.42. The van der Waals surface area contributed by atoms with Crippen molar-refractivity contribution in [3.05, 3.63) is 96.0 Å². The van der Waals surface area contributed by atoms with Gasteiger partial charge in [0.1, 0.15) is 17.5 Å². The molecule has 0 aliphatic heterocycles. The molecule has 0 saturated carbocycles. The number of hydrogen-bond acceptors (Lipinski definition) is 6. The Bertz CT molecular complexity index is 1800. The Morgan fingerprint density at radius 2 is 1.85 bits per heavy atom. The van der Waals surface area contributed by atoms with Crippen LogP contribution >= 0.6 is 0 Å². The number of benzene rings is 2. The van der Waals surface area contributed by atoms with Crippen molar-refractivity contribution in [2.75, 3.05) is 12.3 Å². The van der Waals surface area contributed by atoms with Gasteiger partial charge in [-0.25, -0.2) is 21.6 Å². The number of aromatic nitrogens is 5. The average molecular weight is 555 g/mol. The number of carbonyl (C=O) groups excluding carboxylic acids is 1. The van der Waals surface area contributed by atoms with Crippen LogP contribution in [0.3, 0.4) is 0 Å². The quantitative estimate of drug-likeness (QED) is 0.314. The van der Waals surface area contributed by atoms with Crippen LogP contribution in [0.4, 0.5) is 13.2 Å². The van der Waals surface area contributed by atoms with Gasteiger partial charge in [-0.1, -0.05) is 12.1 Å². The van der Waals surface area contributed by atoms with Crippen LogP contribution in [0.15, 0.2) is 72.1 Å². The van der Waals surface area contributed by atoms with E-state index in [1.54, 1.807) is 30.2 Å². The first-order chi connectivity index (χ1) is 18.6. The number of sulfone groups is 1. The molecule has 9 nitrogen and oxygen atoms in total. The third-order valence-corrected chi connectivity index (χ3v) is 7.81. The van der Waals surface area contributed by atoms with Crippen molar-refractivity contribution < 1.29 is 26.4 Å². The van der Waals surface area contributed by atoms with Gasteiger partial charge in [-0.05, 0) is 29.8 Å². The molecule has 39 heavy (non-hydrogen) atoms. The number of hydrogen-bond donors (Lipinski definition) is 1. The zero-order chi connectivity index (χ0) is 27.7. The highest BCUT2D eigenvalue weighted by Crippen LogP contribution is 2.31. The highest BCUT2D eigenvalue weighted by atomic mass is 32.2. The van der Waals surface area contributed by atoms with Crippen molar-refractivity contribution in [2.24, 2.45) is 7.05 Å². The molecule has 200 valence electrons. The topological polar surface area (TPSA) is 112 Å². The van der Waals surface area contributed by atoms with Crippen LogP contribution in [0.25, 0.3) is 22.0 Å². The Balaban J connectivity index is 1.44. The molecule has 0 bridgehead atoms. The fourth-order valence-electron chi connectivity index (χ4n) is 4.20. The minimum absolute atomic E-state index is 0.00425. The summed E-state index contributed by atoms with van der Waals surface area (Å²) >= 11 is 0. The normalized spacial score (nSPS) is 11.7. The van der Waals surface area contributed by atoms with Gasteiger partial charge in [0.05, 0.1) is 34.3 Å². The molecule has 0 atom stereocenters. The maximum atomic E-state index is 15.1. The average Bonchev–Trinajstić information content (AvgIpc) is 3.50. The Morgan fingerprint density at radius 3 is 2.54 bits per heavy atom. The SMILES string of the molecule is Cn1cc(-c2ccc(Cn3cc(S(=O)(=O)CCNC(=O)c4cccnn4)c4c(F)cc(F)cc43)c(F)c2)cn1. The van der Waals surface area contributed by atoms with Gasteiger partial charge < -0.3 is 9.88 Å². The first kappa shape index (κ1) is 26.1. The maximum absolute atomic E-state index is 15.1. The maximum Gasteiger partial charge on any atom is 0.271 e. The fourth-order valence-corrected chi connectivity index (χ4v) is 5.60. The predicted octanol–water partition coefficient (Wildman–Crippen LogP) is 3.50. The molecule has 0 radical (unpaired) electrons. The number of nitrogens with zero attached hydrogens (tertiary/aromatic N) is 5. The fraction of sp³-hybridized carbons (Fsp3) is 0.154. The van der Waals surface area contributed by atoms with Crippen LogP contribution in [0.5, 0.6) is 0 Å². The highest BCUT2D eigenvalue weighted by molar-refractivity contribution is 7.91. The summed E-state index contributed by atoms with van der Waals surface area (Å²) in [4.78, 5) is 11.8. The van der Waals surface area contributed by atoms with Crippen LogP contribution in [-0.2, 0) is 23.4 Å². The number of rotatable bonds is 8. The molecular weight excluding hydrogens is 533 g/mol. The molecule has 3 heterocycles. The Morgan fingerprint density at radius 1 is 1.03 bits per heavy atom. The Kier molecular flexibility index (Phi) is 6.91. The van der Waals surface area contributed by atoms with E-state index < -0.39 is 43.8 Å². The van der Waals surface area contributed by atoms with E-state index in [4.69, 9.17) is 0 Å². The summed E-state index contributed by atoms with van der Waals surface area (Å²) < 4.78 is 73.4. The number of halogens is 3. The molecule has 5 aromatic rings.